The smallest absolute Gasteiger partial charge is 0.335 e. The van der Waals surface area contributed by atoms with Crippen molar-refractivity contribution in [2.75, 3.05) is 0 Å². The lowest BCUT2D eigenvalue weighted by Gasteiger charge is -2.39. The van der Waals surface area contributed by atoms with E-state index in [1.54, 1.807) is 36.0 Å². The van der Waals surface area contributed by atoms with Gasteiger partial charge in [-0.05, 0) is 111 Å². The molecule has 0 amide bonds. The maximum Gasteiger partial charge on any atom is 0.335 e. The summed E-state index contributed by atoms with van der Waals surface area (Å²) in [4.78, 5) is 14.7. The number of nitrogens with zero attached hydrogens (tertiary/aromatic N) is 1. The molecule has 1 aliphatic carbocycles. The number of benzene rings is 5. The van der Waals surface area contributed by atoms with Gasteiger partial charge in [0.1, 0.15) is 0 Å². The summed E-state index contributed by atoms with van der Waals surface area (Å²) in [5, 5.41) is 15.1. The van der Waals surface area contributed by atoms with Crippen molar-refractivity contribution in [3.63, 3.8) is 0 Å². The van der Waals surface area contributed by atoms with Gasteiger partial charge < -0.3 is 5.11 Å². The Morgan fingerprint density at radius 2 is 1.63 bits per heavy atom. The first-order valence-electron chi connectivity index (χ1n) is 14.0. The quantitative estimate of drug-likeness (QED) is 0.201. The van der Waals surface area contributed by atoms with Crippen LogP contribution in [0.2, 0.25) is 0 Å². The number of aromatic nitrogens is 1. The third-order valence-electron chi connectivity index (χ3n) is 8.44. The highest BCUT2D eigenvalue weighted by Crippen LogP contribution is 2.48. The van der Waals surface area contributed by atoms with E-state index in [4.69, 9.17) is 5.11 Å². The summed E-state index contributed by atoms with van der Waals surface area (Å²) in [6, 6.07) is 33.4. The lowest BCUT2D eigenvalue weighted by Crippen LogP contribution is -2.29. The van der Waals surface area contributed by atoms with E-state index in [1.807, 2.05) is 6.07 Å². The van der Waals surface area contributed by atoms with Gasteiger partial charge in [0.2, 0.25) is 0 Å². The predicted molar refractivity (Wildman–Crippen MR) is 173 cm³/mol. The van der Waals surface area contributed by atoms with E-state index in [1.165, 1.54) is 49.1 Å². The SMILES string of the molecule is Cc1ccc(Br)cc1C1Cc2ccc3c(ccc4ccccc43)c2C(C)(C)C1.O=C(O)c1ccc2ncccc2c1. The molecule has 5 aromatic carbocycles. The molecule has 0 saturated carbocycles. The second-order valence-electron chi connectivity index (χ2n) is 11.7. The van der Waals surface area contributed by atoms with Crippen LogP contribution in [0.15, 0.2) is 108 Å². The van der Waals surface area contributed by atoms with Gasteiger partial charge in [-0.3, -0.25) is 4.98 Å². The molecule has 1 unspecified atom stereocenters. The number of carboxylic acid groups (broad SMARTS) is 1. The second-order valence-corrected chi connectivity index (χ2v) is 12.6. The molecule has 0 bridgehead atoms. The van der Waals surface area contributed by atoms with Crippen molar-refractivity contribution < 1.29 is 9.90 Å². The minimum atomic E-state index is -0.911. The van der Waals surface area contributed by atoms with Gasteiger partial charge in [-0.15, -0.1) is 0 Å². The number of aromatic carboxylic acids is 1. The predicted octanol–water partition coefficient (Wildman–Crippen LogP) is 10.0. The Labute approximate surface area is 249 Å². The van der Waals surface area contributed by atoms with Gasteiger partial charge >= 0.3 is 5.97 Å². The first kappa shape index (κ1) is 27.2. The van der Waals surface area contributed by atoms with E-state index in [9.17, 15) is 4.79 Å². The molecule has 1 atom stereocenters. The maximum absolute atomic E-state index is 10.6. The summed E-state index contributed by atoms with van der Waals surface area (Å²) < 4.78 is 1.18. The van der Waals surface area contributed by atoms with Crippen LogP contribution in [-0.2, 0) is 11.8 Å². The summed E-state index contributed by atoms with van der Waals surface area (Å²) in [7, 11) is 0. The maximum atomic E-state index is 10.6. The van der Waals surface area contributed by atoms with Gasteiger partial charge in [0.15, 0.2) is 0 Å². The Morgan fingerprint density at radius 3 is 2.46 bits per heavy atom. The average molecular weight is 603 g/mol. The molecule has 6 aromatic rings. The van der Waals surface area contributed by atoms with Crippen LogP contribution in [-0.4, -0.2) is 16.1 Å². The number of pyridine rings is 1. The lowest BCUT2D eigenvalue weighted by atomic mass is 9.65. The van der Waals surface area contributed by atoms with Crippen LogP contribution >= 0.6 is 15.9 Å². The van der Waals surface area contributed by atoms with E-state index >= 15 is 0 Å². The first-order valence-corrected chi connectivity index (χ1v) is 14.8. The molecule has 7 rings (SSSR count). The molecule has 1 aliphatic rings. The number of carboxylic acids is 1. The number of aryl methyl sites for hydroxylation is 1. The lowest BCUT2D eigenvalue weighted by molar-refractivity contribution is 0.0697. The molecule has 1 heterocycles. The largest absolute Gasteiger partial charge is 0.478 e. The van der Waals surface area contributed by atoms with Gasteiger partial charge in [0, 0.05) is 16.1 Å². The Balaban J connectivity index is 0.000000195. The highest BCUT2D eigenvalue weighted by Gasteiger charge is 2.35. The zero-order valence-electron chi connectivity index (χ0n) is 23.5. The Kier molecular flexibility index (Phi) is 7.13. The summed E-state index contributed by atoms with van der Waals surface area (Å²) in [6.45, 7) is 7.11. The molecule has 0 aliphatic heterocycles. The molecular formula is C37H32BrNO2. The van der Waals surface area contributed by atoms with E-state index in [-0.39, 0.29) is 5.41 Å². The van der Waals surface area contributed by atoms with Gasteiger partial charge in [-0.2, -0.15) is 0 Å². The van der Waals surface area contributed by atoms with Crippen LogP contribution in [0.1, 0.15) is 58.8 Å². The summed E-state index contributed by atoms with van der Waals surface area (Å²) in [6.07, 6.45) is 3.99. The molecule has 3 nitrogen and oxygen atoms in total. The molecule has 0 fully saturated rings. The minimum Gasteiger partial charge on any atom is -0.478 e. The highest BCUT2D eigenvalue weighted by molar-refractivity contribution is 9.10. The van der Waals surface area contributed by atoms with Crippen LogP contribution in [0.4, 0.5) is 0 Å². The fraction of sp³-hybridized carbons (Fsp3) is 0.189. The highest BCUT2D eigenvalue weighted by atomic mass is 79.9. The van der Waals surface area contributed by atoms with Crippen LogP contribution in [0.25, 0.3) is 32.4 Å². The number of hydrogen-bond donors (Lipinski definition) is 1. The molecule has 41 heavy (non-hydrogen) atoms. The average Bonchev–Trinajstić information content (AvgIpc) is 2.97. The van der Waals surface area contributed by atoms with Crippen molar-refractivity contribution >= 4 is 54.3 Å². The summed E-state index contributed by atoms with van der Waals surface area (Å²) in [5.74, 6) is -0.344. The Bertz CT molecular complexity index is 1940. The van der Waals surface area contributed by atoms with Crippen molar-refractivity contribution in [2.24, 2.45) is 0 Å². The number of halogens is 1. The second kappa shape index (κ2) is 10.8. The molecule has 4 heteroatoms. The van der Waals surface area contributed by atoms with Crippen LogP contribution in [0.5, 0.6) is 0 Å². The monoisotopic (exact) mass is 601 g/mol. The molecule has 204 valence electrons. The van der Waals surface area contributed by atoms with Crippen LogP contribution in [0, 0.1) is 6.92 Å². The molecule has 0 spiro atoms. The fourth-order valence-corrected chi connectivity index (χ4v) is 7.02. The topological polar surface area (TPSA) is 50.2 Å². The van der Waals surface area contributed by atoms with Crippen molar-refractivity contribution in [3.8, 4) is 0 Å². The first-order chi connectivity index (χ1) is 19.7. The third kappa shape index (κ3) is 5.25. The Hall–Kier alpha value is -4.02. The van der Waals surface area contributed by atoms with Crippen molar-refractivity contribution in [3.05, 3.63) is 136 Å². The summed E-state index contributed by atoms with van der Waals surface area (Å²) >= 11 is 3.68. The van der Waals surface area contributed by atoms with Gasteiger partial charge in [-0.1, -0.05) is 90.4 Å². The van der Waals surface area contributed by atoms with Crippen LogP contribution < -0.4 is 0 Å². The zero-order valence-corrected chi connectivity index (χ0v) is 25.1. The van der Waals surface area contributed by atoms with E-state index in [0.29, 0.717) is 11.5 Å². The number of fused-ring (bicyclic) bond motifs is 6. The zero-order chi connectivity index (χ0) is 28.7. The molecule has 0 saturated heterocycles. The van der Waals surface area contributed by atoms with E-state index < -0.39 is 5.97 Å². The van der Waals surface area contributed by atoms with E-state index in [2.05, 4.69) is 108 Å². The normalized spacial score (nSPS) is 15.8. The molecule has 1 N–H and O–H groups in total. The van der Waals surface area contributed by atoms with Crippen molar-refractivity contribution in [1.82, 2.24) is 4.98 Å². The third-order valence-corrected chi connectivity index (χ3v) is 8.94. The number of rotatable bonds is 2. The van der Waals surface area contributed by atoms with Crippen molar-refractivity contribution in [2.45, 2.75) is 44.9 Å². The number of hydrogen-bond acceptors (Lipinski definition) is 2. The summed E-state index contributed by atoms with van der Waals surface area (Å²) in [5.41, 5.74) is 7.22. The molecular weight excluding hydrogens is 570 g/mol. The minimum absolute atomic E-state index is 0.148. The van der Waals surface area contributed by atoms with Gasteiger partial charge in [0.05, 0.1) is 11.1 Å². The fourth-order valence-electron chi connectivity index (χ4n) is 6.64. The molecule has 0 radical (unpaired) electrons. The molecule has 1 aromatic heterocycles. The van der Waals surface area contributed by atoms with Crippen molar-refractivity contribution in [1.29, 1.82) is 0 Å². The van der Waals surface area contributed by atoms with Gasteiger partial charge in [0.25, 0.3) is 0 Å². The Morgan fingerprint density at radius 1 is 0.854 bits per heavy atom. The standard InChI is InChI=1S/C27H25Br.C10H7NO2/c1-17-8-11-21(28)15-25(17)20-14-19-10-12-23-22-7-5-4-6-18(22)9-13-24(23)26(19)27(2,3)16-20;12-10(13)8-3-4-9-7(6-8)2-1-5-11-9/h4-13,15,20H,14,16H2,1-3H3;1-6H,(H,12,13). The van der Waals surface area contributed by atoms with E-state index in [0.717, 1.165) is 17.3 Å². The van der Waals surface area contributed by atoms with Crippen LogP contribution in [0.3, 0.4) is 0 Å². The van der Waals surface area contributed by atoms with Gasteiger partial charge in [-0.25, -0.2) is 4.79 Å². The number of carbonyl (C=O) groups is 1.